The van der Waals surface area contributed by atoms with Crippen molar-refractivity contribution in [1.29, 1.82) is 0 Å². The maximum atomic E-state index is 12.9. The molecular formula is C20H26BrN5O. The molecule has 1 unspecified atom stereocenters. The van der Waals surface area contributed by atoms with Gasteiger partial charge < -0.3 is 9.80 Å². The number of likely N-dealkylation sites (N-methyl/N-ethyl adjacent to an activating group) is 1. The molecule has 0 saturated carbocycles. The number of hydrogen-bond acceptors (Lipinski definition) is 4. The molecule has 2 aliphatic rings. The molecule has 2 saturated heterocycles. The molecule has 27 heavy (non-hydrogen) atoms. The summed E-state index contributed by atoms with van der Waals surface area (Å²) in [6.45, 7) is 5.87. The number of halogens is 1. The summed E-state index contributed by atoms with van der Waals surface area (Å²) in [7, 11) is 2.20. The lowest BCUT2D eigenvalue weighted by Crippen LogP contribution is -2.55. The lowest BCUT2D eigenvalue weighted by molar-refractivity contribution is 0.0452. The SMILES string of the molecule is CN1CCCC(N2CCN(C(=O)c3cnn(-c4ccc(Br)cc4)c3)CC2)C1. The Hall–Kier alpha value is -1.70. The number of aromatic nitrogens is 2. The van der Waals surface area contributed by atoms with Crippen LogP contribution in [0.15, 0.2) is 41.1 Å². The van der Waals surface area contributed by atoms with Gasteiger partial charge in [0.25, 0.3) is 5.91 Å². The number of hydrogen-bond donors (Lipinski definition) is 0. The minimum Gasteiger partial charge on any atom is -0.336 e. The van der Waals surface area contributed by atoms with Crippen LogP contribution in [0.1, 0.15) is 23.2 Å². The first-order chi connectivity index (χ1) is 13.1. The van der Waals surface area contributed by atoms with Crippen molar-refractivity contribution < 1.29 is 4.79 Å². The van der Waals surface area contributed by atoms with E-state index >= 15 is 0 Å². The summed E-state index contributed by atoms with van der Waals surface area (Å²) >= 11 is 3.44. The molecule has 0 aliphatic carbocycles. The van der Waals surface area contributed by atoms with Crippen LogP contribution in [-0.4, -0.2) is 82.7 Å². The Kier molecular flexibility index (Phi) is 5.61. The third kappa shape index (κ3) is 4.25. The van der Waals surface area contributed by atoms with E-state index in [1.807, 2.05) is 35.4 Å². The van der Waals surface area contributed by atoms with Gasteiger partial charge in [0.2, 0.25) is 0 Å². The molecule has 2 aliphatic heterocycles. The summed E-state index contributed by atoms with van der Waals surface area (Å²) in [5.41, 5.74) is 1.60. The van der Waals surface area contributed by atoms with E-state index in [1.54, 1.807) is 10.9 Å². The maximum absolute atomic E-state index is 12.9. The lowest BCUT2D eigenvalue weighted by atomic mass is 10.0. The van der Waals surface area contributed by atoms with Gasteiger partial charge in [0.15, 0.2) is 0 Å². The van der Waals surface area contributed by atoms with E-state index in [9.17, 15) is 4.79 Å². The number of nitrogens with zero attached hydrogens (tertiary/aromatic N) is 5. The van der Waals surface area contributed by atoms with E-state index in [0.29, 0.717) is 11.6 Å². The molecule has 7 heteroatoms. The molecule has 1 amide bonds. The predicted octanol–water partition coefficient (Wildman–Crippen LogP) is 2.49. The molecule has 0 spiro atoms. The third-order valence-corrected chi connectivity index (χ3v) is 6.17. The Balaban J connectivity index is 1.36. The maximum Gasteiger partial charge on any atom is 0.257 e. The Morgan fingerprint density at radius 3 is 2.56 bits per heavy atom. The molecule has 2 aromatic rings. The Morgan fingerprint density at radius 2 is 1.85 bits per heavy atom. The van der Waals surface area contributed by atoms with Crippen molar-refractivity contribution >= 4 is 21.8 Å². The van der Waals surface area contributed by atoms with Gasteiger partial charge in [-0.05, 0) is 50.7 Å². The third-order valence-electron chi connectivity index (χ3n) is 5.64. The molecule has 144 valence electrons. The summed E-state index contributed by atoms with van der Waals surface area (Å²) in [5.74, 6) is 0.0822. The zero-order chi connectivity index (χ0) is 18.8. The molecule has 1 atom stereocenters. The Morgan fingerprint density at radius 1 is 1.11 bits per heavy atom. The average molecular weight is 432 g/mol. The topological polar surface area (TPSA) is 44.6 Å². The zero-order valence-electron chi connectivity index (χ0n) is 15.7. The van der Waals surface area contributed by atoms with Crippen molar-refractivity contribution in [3.63, 3.8) is 0 Å². The Labute approximate surface area is 168 Å². The van der Waals surface area contributed by atoms with Crippen LogP contribution in [0.4, 0.5) is 0 Å². The first-order valence-electron chi connectivity index (χ1n) is 9.62. The van der Waals surface area contributed by atoms with Gasteiger partial charge in [-0.25, -0.2) is 4.68 Å². The fourth-order valence-corrected chi connectivity index (χ4v) is 4.34. The number of piperidine rings is 1. The lowest BCUT2D eigenvalue weighted by Gasteiger charge is -2.42. The van der Waals surface area contributed by atoms with Crippen molar-refractivity contribution in [2.75, 3.05) is 46.3 Å². The second-order valence-corrected chi connectivity index (χ2v) is 8.45. The Bertz CT molecular complexity index is 782. The number of likely N-dealkylation sites (tertiary alicyclic amines) is 1. The summed E-state index contributed by atoms with van der Waals surface area (Å²) in [6, 6.07) is 8.54. The van der Waals surface area contributed by atoms with Crippen LogP contribution in [0.5, 0.6) is 0 Å². The fraction of sp³-hybridized carbons (Fsp3) is 0.500. The van der Waals surface area contributed by atoms with Crippen LogP contribution in [0, 0.1) is 0 Å². The molecule has 6 nitrogen and oxygen atoms in total. The van der Waals surface area contributed by atoms with Gasteiger partial charge in [0.1, 0.15) is 0 Å². The van der Waals surface area contributed by atoms with Crippen molar-refractivity contribution in [2.45, 2.75) is 18.9 Å². The summed E-state index contributed by atoms with van der Waals surface area (Å²) in [5, 5.41) is 4.37. The molecule has 0 N–H and O–H groups in total. The van der Waals surface area contributed by atoms with Crippen LogP contribution < -0.4 is 0 Å². The number of carbonyl (C=O) groups excluding carboxylic acids is 1. The highest BCUT2D eigenvalue weighted by molar-refractivity contribution is 9.10. The molecule has 3 heterocycles. The van der Waals surface area contributed by atoms with Gasteiger partial charge in [0, 0.05) is 49.4 Å². The van der Waals surface area contributed by atoms with Gasteiger partial charge in [-0.15, -0.1) is 0 Å². The molecule has 1 aromatic heterocycles. The normalized spacial score (nSPS) is 22.1. The minimum atomic E-state index is 0.0822. The van der Waals surface area contributed by atoms with E-state index in [-0.39, 0.29) is 5.91 Å². The first-order valence-corrected chi connectivity index (χ1v) is 10.4. The predicted molar refractivity (Wildman–Crippen MR) is 109 cm³/mol. The van der Waals surface area contributed by atoms with E-state index < -0.39 is 0 Å². The highest BCUT2D eigenvalue weighted by Crippen LogP contribution is 2.18. The smallest absolute Gasteiger partial charge is 0.257 e. The number of rotatable bonds is 3. The molecular weight excluding hydrogens is 406 g/mol. The zero-order valence-corrected chi connectivity index (χ0v) is 17.3. The van der Waals surface area contributed by atoms with E-state index in [2.05, 4.69) is 37.9 Å². The van der Waals surface area contributed by atoms with E-state index in [1.165, 1.54) is 19.4 Å². The van der Waals surface area contributed by atoms with Gasteiger partial charge in [-0.3, -0.25) is 9.69 Å². The highest BCUT2D eigenvalue weighted by Gasteiger charge is 2.29. The van der Waals surface area contributed by atoms with Crippen molar-refractivity contribution in [3.05, 3.63) is 46.7 Å². The highest BCUT2D eigenvalue weighted by atomic mass is 79.9. The monoisotopic (exact) mass is 431 g/mol. The van der Waals surface area contributed by atoms with Crippen LogP contribution in [0.3, 0.4) is 0 Å². The number of piperazine rings is 1. The van der Waals surface area contributed by atoms with Crippen molar-refractivity contribution in [1.82, 2.24) is 24.5 Å². The van der Waals surface area contributed by atoms with E-state index in [0.717, 1.165) is 42.9 Å². The van der Waals surface area contributed by atoms with Gasteiger partial charge in [0.05, 0.1) is 17.4 Å². The van der Waals surface area contributed by atoms with Crippen LogP contribution in [0.2, 0.25) is 0 Å². The van der Waals surface area contributed by atoms with Crippen molar-refractivity contribution in [2.24, 2.45) is 0 Å². The van der Waals surface area contributed by atoms with E-state index in [4.69, 9.17) is 0 Å². The molecule has 0 bridgehead atoms. The molecule has 0 radical (unpaired) electrons. The van der Waals surface area contributed by atoms with Crippen LogP contribution in [-0.2, 0) is 0 Å². The van der Waals surface area contributed by atoms with Gasteiger partial charge >= 0.3 is 0 Å². The number of carbonyl (C=O) groups is 1. The average Bonchev–Trinajstić information content (AvgIpc) is 3.18. The minimum absolute atomic E-state index is 0.0822. The first kappa shape index (κ1) is 18.7. The number of benzene rings is 1. The van der Waals surface area contributed by atoms with Crippen LogP contribution in [0.25, 0.3) is 5.69 Å². The van der Waals surface area contributed by atoms with Gasteiger partial charge in [-0.1, -0.05) is 15.9 Å². The second-order valence-electron chi connectivity index (χ2n) is 7.54. The fourth-order valence-electron chi connectivity index (χ4n) is 4.08. The number of amides is 1. The summed E-state index contributed by atoms with van der Waals surface area (Å²) in [6.07, 6.45) is 6.05. The summed E-state index contributed by atoms with van der Waals surface area (Å²) in [4.78, 5) is 19.8. The quantitative estimate of drug-likeness (QED) is 0.748. The standard InChI is InChI=1S/C20H26BrN5O/c1-23-8-2-3-19(15-23)24-9-11-25(12-10-24)20(27)16-13-22-26(14-16)18-6-4-17(21)5-7-18/h4-7,13-14,19H,2-3,8-12,15H2,1H3. The van der Waals surface area contributed by atoms with Crippen molar-refractivity contribution in [3.8, 4) is 5.69 Å². The summed E-state index contributed by atoms with van der Waals surface area (Å²) < 4.78 is 2.78. The van der Waals surface area contributed by atoms with Gasteiger partial charge in [-0.2, -0.15) is 5.10 Å². The second kappa shape index (κ2) is 8.12. The largest absolute Gasteiger partial charge is 0.336 e. The molecule has 1 aromatic carbocycles. The van der Waals surface area contributed by atoms with Crippen LogP contribution >= 0.6 is 15.9 Å². The molecule has 2 fully saturated rings. The molecule has 4 rings (SSSR count).